The molecule has 0 aromatic carbocycles. The van der Waals surface area contributed by atoms with E-state index in [9.17, 15) is 8.42 Å². The van der Waals surface area contributed by atoms with Gasteiger partial charge < -0.3 is 0 Å². The third-order valence-corrected chi connectivity index (χ3v) is 3.14. The standard InChI is InChI=1S/C7H10BrN3O2S/c1-2-10-14(12,13)11-7-3-4-9-5-6(7)8/h3-5,10H,2H2,1H3,(H,9,11). The quantitative estimate of drug-likeness (QED) is 0.868. The Morgan fingerprint density at radius 3 is 2.86 bits per heavy atom. The second kappa shape index (κ2) is 4.72. The van der Waals surface area contributed by atoms with E-state index in [4.69, 9.17) is 0 Å². The van der Waals surface area contributed by atoms with Gasteiger partial charge in [-0.15, -0.1) is 0 Å². The Kier molecular flexibility index (Phi) is 3.85. The highest BCUT2D eigenvalue weighted by molar-refractivity contribution is 9.10. The highest BCUT2D eigenvalue weighted by atomic mass is 79.9. The summed E-state index contributed by atoms with van der Waals surface area (Å²) in [6.07, 6.45) is 3.03. The molecule has 5 nitrogen and oxygen atoms in total. The lowest BCUT2D eigenvalue weighted by Crippen LogP contribution is -2.29. The van der Waals surface area contributed by atoms with E-state index in [1.54, 1.807) is 13.0 Å². The highest BCUT2D eigenvalue weighted by Gasteiger charge is 2.09. The zero-order valence-electron chi connectivity index (χ0n) is 7.49. The summed E-state index contributed by atoms with van der Waals surface area (Å²) in [5.74, 6) is 0. The van der Waals surface area contributed by atoms with Crippen LogP contribution >= 0.6 is 15.9 Å². The molecule has 0 aliphatic heterocycles. The second-order valence-electron chi connectivity index (χ2n) is 2.46. The van der Waals surface area contributed by atoms with Gasteiger partial charge in [0.1, 0.15) is 0 Å². The van der Waals surface area contributed by atoms with Crippen molar-refractivity contribution in [1.29, 1.82) is 0 Å². The predicted molar refractivity (Wildman–Crippen MR) is 58.2 cm³/mol. The normalized spacial score (nSPS) is 11.3. The van der Waals surface area contributed by atoms with E-state index >= 15 is 0 Å². The molecule has 2 N–H and O–H groups in total. The Hall–Kier alpha value is -0.660. The molecule has 0 fully saturated rings. The van der Waals surface area contributed by atoms with Gasteiger partial charge in [-0.25, -0.2) is 0 Å². The molecule has 1 aromatic rings. The van der Waals surface area contributed by atoms with Gasteiger partial charge in [-0.05, 0) is 22.0 Å². The Morgan fingerprint density at radius 1 is 1.57 bits per heavy atom. The maximum atomic E-state index is 11.3. The van der Waals surface area contributed by atoms with E-state index in [1.807, 2.05) is 0 Å². The Balaban J connectivity index is 2.84. The van der Waals surface area contributed by atoms with Crippen LogP contribution in [-0.2, 0) is 10.2 Å². The second-order valence-corrected chi connectivity index (χ2v) is 4.81. The maximum absolute atomic E-state index is 11.3. The Labute approximate surface area is 91.2 Å². The Bertz CT molecular complexity index is 407. The van der Waals surface area contributed by atoms with Gasteiger partial charge in [0, 0.05) is 18.9 Å². The fourth-order valence-corrected chi connectivity index (χ4v) is 2.23. The van der Waals surface area contributed by atoms with Crippen LogP contribution < -0.4 is 9.44 Å². The van der Waals surface area contributed by atoms with Crippen molar-refractivity contribution in [3.05, 3.63) is 22.9 Å². The number of aromatic nitrogens is 1. The van der Waals surface area contributed by atoms with Crippen molar-refractivity contribution in [3.63, 3.8) is 0 Å². The average molecular weight is 280 g/mol. The largest absolute Gasteiger partial charge is 0.299 e. The summed E-state index contributed by atoms with van der Waals surface area (Å²) in [5.41, 5.74) is 0.459. The van der Waals surface area contributed by atoms with Crippen molar-refractivity contribution in [2.75, 3.05) is 11.3 Å². The van der Waals surface area contributed by atoms with Gasteiger partial charge in [-0.3, -0.25) is 9.71 Å². The molecule has 78 valence electrons. The maximum Gasteiger partial charge on any atom is 0.299 e. The first-order chi connectivity index (χ1) is 6.55. The molecule has 0 saturated heterocycles. The van der Waals surface area contributed by atoms with Crippen molar-refractivity contribution >= 4 is 31.8 Å². The van der Waals surface area contributed by atoms with E-state index in [0.29, 0.717) is 16.7 Å². The number of pyridine rings is 1. The molecule has 0 bridgehead atoms. The van der Waals surface area contributed by atoms with Crippen molar-refractivity contribution in [1.82, 2.24) is 9.71 Å². The summed E-state index contributed by atoms with van der Waals surface area (Å²) >= 11 is 3.18. The minimum atomic E-state index is -3.46. The van der Waals surface area contributed by atoms with Crippen molar-refractivity contribution < 1.29 is 8.42 Å². The fraction of sp³-hybridized carbons (Fsp3) is 0.286. The smallest absolute Gasteiger partial charge is 0.270 e. The SMILES string of the molecule is CCNS(=O)(=O)Nc1ccncc1Br. The van der Waals surface area contributed by atoms with Gasteiger partial charge in [-0.2, -0.15) is 13.1 Å². The van der Waals surface area contributed by atoms with Crippen molar-refractivity contribution in [2.24, 2.45) is 0 Å². The van der Waals surface area contributed by atoms with Gasteiger partial charge in [0.05, 0.1) is 10.2 Å². The number of hydrogen-bond acceptors (Lipinski definition) is 3. The molecule has 14 heavy (non-hydrogen) atoms. The number of hydrogen-bond donors (Lipinski definition) is 2. The van der Waals surface area contributed by atoms with Crippen LogP contribution in [0.5, 0.6) is 0 Å². The minimum Gasteiger partial charge on any atom is -0.270 e. The minimum absolute atomic E-state index is 0.345. The van der Waals surface area contributed by atoms with Gasteiger partial charge in [0.25, 0.3) is 10.2 Å². The molecule has 1 aromatic heterocycles. The Morgan fingerprint density at radius 2 is 2.29 bits per heavy atom. The van der Waals surface area contributed by atoms with Crippen LogP contribution in [0.1, 0.15) is 6.92 Å². The number of anilines is 1. The topological polar surface area (TPSA) is 71.1 Å². The molecule has 0 unspecified atom stereocenters. The summed E-state index contributed by atoms with van der Waals surface area (Å²) in [4.78, 5) is 3.82. The van der Waals surface area contributed by atoms with Gasteiger partial charge >= 0.3 is 0 Å². The number of halogens is 1. The molecule has 0 radical (unpaired) electrons. The van der Waals surface area contributed by atoms with Gasteiger partial charge in [-0.1, -0.05) is 6.92 Å². The molecule has 0 spiro atoms. The third-order valence-electron chi connectivity index (χ3n) is 1.35. The number of nitrogens with zero attached hydrogens (tertiary/aromatic N) is 1. The summed E-state index contributed by atoms with van der Waals surface area (Å²) in [6.45, 7) is 2.05. The number of nitrogens with one attached hydrogen (secondary N) is 2. The molecule has 1 heterocycles. The zero-order chi connectivity index (χ0) is 10.6. The molecule has 0 saturated carbocycles. The average Bonchev–Trinajstić information content (AvgIpc) is 2.08. The molecular formula is C7H10BrN3O2S. The molecular weight excluding hydrogens is 270 g/mol. The first-order valence-corrected chi connectivity index (χ1v) is 6.19. The lowest BCUT2D eigenvalue weighted by atomic mass is 10.4. The summed E-state index contributed by atoms with van der Waals surface area (Å²) < 4.78 is 27.9. The molecule has 0 atom stereocenters. The summed E-state index contributed by atoms with van der Waals surface area (Å²) in [5, 5.41) is 0. The first kappa shape index (κ1) is 11.4. The monoisotopic (exact) mass is 279 g/mol. The van der Waals surface area contributed by atoms with Crippen LogP contribution in [0, 0.1) is 0 Å². The van der Waals surface area contributed by atoms with E-state index in [-0.39, 0.29) is 0 Å². The molecule has 0 amide bonds. The highest BCUT2D eigenvalue weighted by Crippen LogP contribution is 2.20. The van der Waals surface area contributed by atoms with E-state index < -0.39 is 10.2 Å². The zero-order valence-corrected chi connectivity index (χ0v) is 9.89. The summed E-state index contributed by atoms with van der Waals surface area (Å²) in [7, 11) is -3.46. The van der Waals surface area contributed by atoms with E-state index in [1.165, 1.54) is 12.4 Å². The van der Waals surface area contributed by atoms with Crippen LogP contribution in [0.15, 0.2) is 22.9 Å². The summed E-state index contributed by atoms with van der Waals surface area (Å²) in [6, 6.07) is 1.57. The predicted octanol–water partition coefficient (Wildman–Crippen LogP) is 1.11. The van der Waals surface area contributed by atoms with Crippen molar-refractivity contribution in [2.45, 2.75) is 6.92 Å². The van der Waals surface area contributed by atoms with Gasteiger partial charge in [0.15, 0.2) is 0 Å². The van der Waals surface area contributed by atoms with Gasteiger partial charge in [0.2, 0.25) is 0 Å². The first-order valence-electron chi connectivity index (χ1n) is 3.92. The third kappa shape index (κ3) is 3.24. The molecule has 0 aliphatic carbocycles. The van der Waals surface area contributed by atoms with Crippen molar-refractivity contribution in [3.8, 4) is 0 Å². The fourth-order valence-electron chi connectivity index (χ4n) is 0.829. The van der Waals surface area contributed by atoms with Crippen LogP contribution in [0.3, 0.4) is 0 Å². The lowest BCUT2D eigenvalue weighted by molar-refractivity contribution is 0.589. The lowest BCUT2D eigenvalue weighted by Gasteiger charge is -2.08. The van der Waals surface area contributed by atoms with Crippen LogP contribution in [0.2, 0.25) is 0 Å². The van der Waals surface area contributed by atoms with Crippen LogP contribution in [0.4, 0.5) is 5.69 Å². The molecule has 1 rings (SSSR count). The molecule has 7 heteroatoms. The van der Waals surface area contributed by atoms with Crippen LogP contribution in [0.25, 0.3) is 0 Å². The van der Waals surface area contributed by atoms with Crippen LogP contribution in [-0.4, -0.2) is 19.9 Å². The van der Waals surface area contributed by atoms with E-state index in [0.717, 1.165) is 0 Å². The van der Waals surface area contributed by atoms with E-state index in [2.05, 4.69) is 30.4 Å². The molecule has 0 aliphatic rings. The number of rotatable bonds is 4.